The maximum absolute atomic E-state index is 13.0. The molecule has 2 aromatic carbocycles. The van der Waals surface area contributed by atoms with Crippen molar-refractivity contribution in [3.8, 4) is 0 Å². The molecule has 2 unspecified atom stereocenters. The third kappa shape index (κ3) is 4.97. The smallest absolute Gasteiger partial charge is 0.251 e. The molecule has 4 heteroatoms. The molecule has 27 heavy (non-hydrogen) atoms. The fourth-order valence-corrected chi connectivity index (χ4v) is 3.81. The highest BCUT2D eigenvalue weighted by Gasteiger charge is 2.28. The van der Waals surface area contributed by atoms with E-state index in [0.29, 0.717) is 18.0 Å². The summed E-state index contributed by atoms with van der Waals surface area (Å²) < 4.78 is 0. The molecule has 2 aromatic rings. The highest BCUT2D eigenvalue weighted by atomic mass is 16.2. The second kappa shape index (κ2) is 9.36. The van der Waals surface area contributed by atoms with Crippen LogP contribution in [-0.2, 0) is 4.79 Å². The first-order chi connectivity index (χ1) is 13.2. The Balaban J connectivity index is 1.76. The van der Waals surface area contributed by atoms with Gasteiger partial charge in [0.15, 0.2) is 0 Å². The summed E-state index contributed by atoms with van der Waals surface area (Å²) in [5.74, 6) is -0.0216. The topological polar surface area (TPSA) is 49.4 Å². The van der Waals surface area contributed by atoms with Crippen molar-refractivity contribution >= 4 is 11.8 Å². The van der Waals surface area contributed by atoms with Gasteiger partial charge < -0.3 is 10.2 Å². The molecule has 142 valence electrons. The van der Waals surface area contributed by atoms with Crippen LogP contribution in [0.25, 0.3) is 0 Å². The Bertz CT molecular complexity index is 745. The zero-order chi connectivity index (χ0) is 19.1. The van der Waals surface area contributed by atoms with E-state index < -0.39 is 0 Å². The Kier molecular flexibility index (Phi) is 6.64. The van der Waals surface area contributed by atoms with Gasteiger partial charge in [-0.1, -0.05) is 55.5 Å². The van der Waals surface area contributed by atoms with Gasteiger partial charge in [0, 0.05) is 18.2 Å². The number of nitrogens with zero attached hydrogens (tertiary/aromatic N) is 1. The summed E-state index contributed by atoms with van der Waals surface area (Å²) in [4.78, 5) is 27.7. The Morgan fingerprint density at radius 1 is 1.04 bits per heavy atom. The lowest BCUT2D eigenvalue weighted by Gasteiger charge is -2.36. The number of nitrogens with one attached hydrogen (secondary N) is 1. The zero-order valence-corrected chi connectivity index (χ0v) is 15.9. The van der Waals surface area contributed by atoms with Gasteiger partial charge in [-0.3, -0.25) is 9.59 Å². The molecule has 0 spiro atoms. The van der Waals surface area contributed by atoms with E-state index in [1.54, 1.807) is 12.1 Å². The molecule has 3 rings (SSSR count). The van der Waals surface area contributed by atoms with Crippen LogP contribution in [0, 0.1) is 0 Å². The summed E-state index contributed by atoms with van der Waals surface area (Å²) in [6.45, 7) is 2.97. The minimum atomic E-state index is -0.328. The van der Waals surface area contributed by atoms with Gasteiger partial charge in [0.2, 0.25) is 5.91 Å². The van der Waals surface area contributed by atoms with Crippen LogP contribution in [0.3, 0.4) is 0 Å². The number of piperidine rings is 1. The molecule has 0 bridgehead atoms. The van der Waals surface area contributed by atoms with Gasteiger partial charge in [0.05, 0.1) is 12.5 Å². The van der Waals surface area contributed by atoms with E-state index in [4.69, 9.17) is 0 Å². The molecule has 2 amide bonds. The van der Waals surface area contributed by atoms with Gasteiger partial charge in [-0.2, -0.15) is 0 Å². The quantitative estimate of drug-likeness (QED) is 0.829. The molecule has 4 nitrogen and oxygen atoms in total. The monoisotopic (exact) mass is 364 g/mol. The Hall–Kier alpha value is -2.62. The molecule has 1 saturated heterocycles. The second-order valence-electron chi connectivity index (χ2n) is 7.15. The zero-order valence-electron chi connectivity index (χ0n) is 15.9. The van der Waals surface area contributed by atoms with Crippen molar-refractivity contribution in [3.63, 3.8) is 0 Å². The molecule has 0 saturated carbocycles. The maximum Gasteiger partial charge on any atom is 0.251 e. The first kappa shape index (κ1) is 19.2. The van der Waals surface area contributed by atoms with Gasteiger partial charge in [0.1, 0.15) is 0 Å². The van der Waals surface area contributed by atoms with Crippen LogP contribution in [0.15, 0.2) is 60.7 Å². The van der Waals surface area contributed by atoms with E-state index in [0.717, 1.165) is 31.4 Å². The number of amides is 2. The van der Waals surface area contributed by atoms with Crippen molar-refractivity contribution in [1.29, 1.82) is 0 Å². The lowest BCUT2D eigenvalue weighted by Crippen LogP contribution is -2.45. The van der Waals surface area contributed by atoms with Gasteiger partial charge >= 0.3 is 0 Å². The fourth-order valence-electron chi connectivity index (χ4n) is 3.81. The van der Waals surface area contributed by atoms with Gasteiger partial charge in [-0.15, -0.1) is 0 Å². The van der Waals surface area contributed by atoms with Gasteiger partial charge in [-0.05, 0) is 43.4 Å². The van der Waals surface area contributed by atoms with Crippen molar-refractivity contribution in [2.75, 3.05) is 6.54 Å². The van der Waals surface area contributed by atoms with E-state index >= 15 is 0 Å². The number of hydrogen-bond acceptors (Lipinski definition) is 2. The molecule has 2 atom stereocenters. The van der Waals surface area contributed by atoms with E-state index in [2.05, 4.69) is 12.2 Å². The van der Waals surface area contributed by atoms with E-state index in [1.807, 2.05) is 53.4 Å². The first-order valence-corrected chi connectivity index (χ1v) is 9.89. The summed E-state index contributed by atoms with van der Waals surface area (Å²) >= 11 is 0. The average Bonchev–Trinajstić information content (AvgIpc) is 2.74. The van der Waals surface area contributed by atoms with Crippen LogP contribution >= 0.6 is 0 Å². The van der Waals surface area contributed by atoms with Crippen molar-refractivity contribution < 1.29 is 9.59 Å². The summed E-state index contributed by atoms with van der Waals surface area (Å²) in [6.07, 6.45) is 4.61. The Morgan fingerprint density at radius 3 is 2.37 bits per heavy atom. The maximum atomic E-state index is 13.0. The van der Waals surface area contributed by atoms with Crippen molar-refractivity contribution in [2.45, 2.75) is 51.1 Å². The van der Waals surface area contributed by atoms with Crippen molar-refractivity contribution in [1.82, 2.24) is 10.2 Å². The number of rotatable bonds is 6. The molecule has 1 heterocycles. The molecule has 1 fully saturated rings. The van der Waals surface area contributed by atoms with Crippen molar-refractivity contribution in [2.24, 2.45) is 0 Å². The molecule has 1 N–H and O–H groups in total. The predicted octanol–water partition coefficient (Wildman–Crippen LogP) is 4.34. The number of carbonyl (C=O) groups excluding carboxylic acids is 2. The molecule has 1 aliphatic heterocycles. The number of carbonyl (C=O) groups is 2. The molecular formula is C23H28N2O2. The lowest BCUT2D eigenvalue weighted by atomic mass is 9.97. The standard InChI is InChI=1S/C23H28N2O2/c1-2-20-15-9-10-16-25(20)22(26)17-21(18-11-5-3-6-12-18)24-23(27)19-13-7-4-8-14-19/h3-8,11-14,20-21H,2,9-10,15-17H2,1H3,(H,24,27). The fraction of sp³-hybridized carbons (Fsp3) is 0.391. The second-order valence-corrected chi connectivity index (χ2v) is 7.15. The Morgan fingerprint density at radius 2 is 1.70 bits per heavy atom. The van der Waals surface area contributed by atoms with Crippen LogP contribution in [0.1, 0.15) is 61.0 Å². The third-order valence-electron chi connectivity index (χ3n) is 5.34. The van der Waals surface area contributed by atoms with E-state index in [9.17, 15) is 9.59 Å². The SMILES string of the molecule is CCC1CCCCN1C(=O)CC(NC(=O)c1ccccc1)c1ccccc1. The summed E-state index contributed by atoms with van der Waals surface area (Å²) in [7, 11) is 0. The largest absolute Gasteiger partial charge is 0.345 e. The van der Waals surface area contributed by atoms with Gasteiger partial charge in [0.25, 0.3) is 5.91 Å². The minimum Gasteiger partial charge on any atom is -0.345 e. The Labute approximate surface area is 161 Å². The predicted molar refractivity (Wildman–Crippen MR) is 107 cm³/mol. The van der Waals surface area contributed by atoms with E-state index in [1.165, 1.54) is 6.42 Å². The molecular weight excluding hydrogens is 336 g/mol. The van der Waals surface area contributed by atoms with Crippen LogP contribution in [-0.4, -0.2) is 29.3 Å². The van der Waals surface area contributed by atoms with Crippen LogP contribution in [0.2, 0.25) is 0 Å². The number of benzene rings is 2. The summed E-state index contributed by atoms with van der Waals surface area (Å²) in [5, 5.41) is 3.07. The average molecular weight is 364 g/mol. The van der Waals surface area contributed by atoms with E-state index in [-0.39, 0.29) is 17.9 Å². The van der Waals surface area contributed by atoms with Gasteiger partial charge in [-0.25, -0.2) is 0 Å². The highest BCUT2D eigenvalue weighted by Crippen LogP contribution is 2.24. The number of likely N-dealkylation sites (tertiary alicyclic amines) is 1. The number of hydrogen-bond donors (Lipinski definition) is 1. The van der Waals surface area contributed by atoms with Crippen molar-refractivity contribution in [3.05, 3.63) is 71.8 Å². The molecule has 1 aliphatic rings. The summed E-state index contributed by atoms with van der Waals surface area (Å²) in [6, 6.07) is 18.9. The molecule has 0 aromatic heterocycles. The van der Waals surface area contributed by atoms with Crippen LogP contribution in [0.4, 0.5) is 0 Å². The molecule has 0 aliphatic carbocycles. The normalized spacial score (nSPS) is 18.0. The highest BCUT2D eigenvalue weighted by molar-refractivity contribution is 5.94. The lowest BCUT2D eigenvalue weighted by molar-refractivity contribution is -0.135. The van der Waals surface area contributed by atoms with Crippen LogP contribution in [0.5, 0.6) is 0 Å². The van der Waals surface area contributed by atoms with Crippen LogP contribution < -0.4 is 5.32 Å². The minimum absolute atomic E-state index is 0.128. The molecule has 0 radical (unpaired) electrons. The third-order valence-corrected chi connectivity index (χ3v) is 5.34. The first-order valence-electron chi connectivity index (χ1n) is 9.89. The summed E-state index contributed by atoms with van der Waals surface area (Å²) in [5.41, 5.74) is 1.57.